The maximum atomic E-state index is 10.00. The number of hydrogen-bond acceptors (Lipinski definition) is 3. The SMILES string of the molecule is CCN(CC)CC(C)NC(C)c1ccc(C)cc1O. The van der Waals surface area contributed by atoms with Gasteiger partial charge in [0.15, 0.2) is 0 Å². The molecule has 0 aliphatic carbocycles. The second-order valence-electron chi connectivity index (χ2n) is 5.34. The lowest BCUT2D eigenvalue weighted by atomic mass is 10.0. The predicted octanol–water partition coefficient (Wildman–Crippen LogP) is 3.08. The molecule has 0 fully saturated rings. The van der Waals surface area contributed by atoms with Gasteiger partial charge in [-0.05, 0) is 45.5 Å². The monoisotopic (exact) mass is 264 g/mol. The van der Waals surface area contributed by atoms with Crippen molar-refractivity contribution in [1.29, 1.82) is 0 Å². The molecule has 1 aromatic rings. The molecule has 0 aliphatic rings. The van der Waals surface area contributed by atoms with Gasteiger partial charge < -0.3 is 15.3 Å². The summed E-state index contributed by atoms with van der Waals surface area (Å²) >= 11 is 0. The van der Waals surface area contributed by atoms with Crippen LogP contribution in [0.15, 0.2) is 18.2 Å². The van der Waals surface area contributed by atoms with Gasteiger partial charge in [0.25, 0.3) is 0 Å². The molecule has 0 bridgehead atoms. The van der Waals surface area contributed by atoms with Gasteiger partial charge in [-0.2, -0.15) is 0 Å². The van der Waals surface area contributed by atoms with E-state index in [4.69, 9.17) is 0 Å². The van der Waals surface area contributed by atoms with Crippen molar-refractivity contribution in [3.8, 4) is 5.75 Å². The van der Waals surface area contributed by atoms with E-state index in [1.165, 1.54) is 0 Å². The highest BCUT2D eigenvalue weighted by Gasteiger charge is 2.14. The van der Waals surface area contributed by atoms with Crippen molar-refractivity contribution >= 4 is 0 Å². The van der Waals surface area contributed by atoms with Crippen molar-refractivity contribution < 1.29 is 5.11 Å². The summed E-state index contributed by atoms with van der Waals surface area (Å²) in [5.41, 5.74) is 2.06. The Labute approximate surface area is 117 Å². The standard InChI is InChI=1S/C16H28N2O/c1-6-18(7-2)11-13(4)17-14(5)15-9-8-12(3)10-16(15)19/h8-10,13-14,17,19H,6-7,11H2,1-5H3. The molecule has 0 amide bonds. The lowest BCUT2D eigenvalue weighted by molar-refractivity contribution is 0.263. The topological polar surface area (TPSA) is 35.5 Å². The number of hydrogen-bond donors (Lipinski definition) is 2. The van der Waals surface area contributed by atoms with E-state index in [0.29, 0.717) is 11.8 Å². The minimum atomic E-state index is 0.158. The van der Waals surface area contributed by atoms with E-state index in [1.807, 2.05) is 25.1 Å². The highest BCUT2D eigenvalue weighted by Crippen LogP contribution is 2.25. The summed E-state index contributed by atoms with van der Waals surface area (Å²) in [6.07, 6.45) is 0. The molecule has 1 rings (SSSR count). The Kier molecular flexibility index (Phi) is 6.32. The van der Waals surface area contributed by atoms with Crippen molar-refractivity contribution in [2.45, 2.75) is 46.7 Å². The van der Waals surface area contributed by atoms with E-state index >= 15 is 0 Å². The quantitative estimate of drug-likeness (QED) is 0.794. The van der Waals surface area contributed by atoms with Gasteiger partial charge >= 0.3 is 0 Å². The van der Waals surface area contributed by atoms with Crippen LogP contribution in [0.1, 0.15) is 44.9 Å². The zero-order valence-electron chi connectivity index (χ0n) is 12.9. The number of nitrogens with zero attached hydrogens (tertiary/aromatic N) is 1. The average molecular weight is 264 g/mol. The summed E-state index contributed by atoms with van der Waals surface area (Å²) in [6.45, 7) is 13.8. The molecule has 0 spiro atoms. The molecule has 0 saturated carbocycles. The van der Waals surface area contributed by atoms with Crippen LogP contribution in [0.3, 0.4) is 0 Å². The van der Waals surface area contributed by atoms with E-state index in [1.54, 1.807) is 0 Å². The molecule has 108 valence electrons. The first-order valence-electron chi connectivity index (χ1n) is 7.25. The summed E-state index contributed by atoms with van der Waals surface area (Å²) in [4.78, 5) is 2.40. The summed E-state index contributed by atoms with van der Waals surface area (Å²) in [7, 11) is 0. The lowest BCUT2D eigenvalue weighted by Crippen LogP contribution is -2.40. The van der Waals surface area contributed by atoms with Crippen LogP contribution in [0.25, 0.3) is 0 Å². The third-order valence-electron chi connectivity index (χ3n) is 3.61. The number of phenolic OH excluding ortho intramolecular Hbond substituents is 1. The summed E-state index contributed by atoms with van der Waals surface area (Å²) < 4.78 is 0. The van der Waals surface area contributed by atoms with Crippen LogP contribution in [-0.4, -0.2) is 35.7 Å². The maximum Gasteiger partial charge on any atom is 0.120 e. The van der Waals surface area contributed by atoms with E-state index < -0.39 is 0 Å². The van der Waals surface area contributed by atoms with Gasteiger partial charge in [-0.3, -0.25) is 0 Å². The number of benzene rings is 1. The minimum absolute atomic E-state index is 0.158. The summed E-state index contributed by atoms with van der Waals surface area (Å²) in [5, 5.41) is 13.6. The zero-order valence-corrected chi connectivity index (χ0v) is 12.9. The molecule has 2 unspecified atom stereocenters. The number of aromatic hydroxyl groups is 1. The highest BCUT2D eigenvalue weighted by atomic mass is 16.3. The molecule has 0 aromatic heterocycles. The minimum Gasteiger partial charge on any atom is -0.508 e. The molecule has 0 saturated heterocycles. The molecule has 3 nitrogen and oxygen atoms in total. The predicted molar refractivity (Wildman–Crippen MR) is 81.6 cm³/mol. The molecule has 19 heavy (non-hydrogen) atoms. The summed E-state index contributed by atoms with van der Waals surface area (Å²) in [5.74, 6) is 0.384. The van der Waals surface area contributed by atoms with Crippen LogP contribution in [-0.2, 0) is 0 Å². The Morgan fingerprint density at radius 2 is 1.84 bits per heavy atom. The van der Waals surface area contributed by atoms with Gasteiger partial charge in [0.1, 0.15) is 5.75 Å². The van der Waals surface area contributed by atoms with Crippen molar-refractivity contribution in [1.82, 2.24) is 10.2 Å². The van der Waals surface area contributed by atoms with E-state index in [0.717, 1.165) is 30.8 Å². The maximum absolute atomic E-state index is 10.00. The molecule has 0 radical (unpaired) electrons. The first kappa shape index (κ1) is 16.0. The average Bonchev–Trinajstić information content (AvgIpc) is 2.35. The number of aryl methyl sites for hydroxylation is 1. The van der Waals surface area contributed by atoms with Crippen LogP contribution < -0.4 is 5.32 Å². The Hall–Kier alpha value is -1.06. The second-order valence-corrected chi connectivity index (χ2v) is 5.34. The van der Waals surface area contributed by atoms with Crippen LogP contribution in [0.4, 0.5) is 0 Å². The first-order valence-corrected chi connectivity index (χ1v) is 7.25. The van der Waals surface area contributed by atoms with Crippen molar-refractivity contribution in [2.75, 3.05) is 19.6 Å². The number of likely N-dealkylation sites (N-methyl/N-ethyl adjacent to an activating group) is 1. The Bertz CT molecular complexity index is 388. The number of rotatable bonds is 7. The Morgan fingerprint density at radius 3 is 2.37 bits per heavy atom. The fraction of sp³-hybridized carbons (Fsp3) is 0.625. The Balaban J connectivity index is 2.61. The number of phenols is 1. The normalized spacial score (nSPS) is 14.6. The van der Waals surface area contributed by atoms with Gasteiger partial charge in [0, 0.05) is 24.2 Å². The third kappa shape index (κ3) is 4.84. The van der Waals surface area contributed by atoms with Crippen molar-refractivity contribution in [3.05, 3.63) is 29.3 Å². The zero-order chi connectivity index (χ0) is 14.4. The molecule has 0 aliphatic heterocycles. The fourth-order valence-electron chi connectivity index (χ4n) is 2.46. The molecule has 1 aromatic carbocycles. The largest absolute Gasteiger partial charge is 0.508 e. The van der Waals surface area contributed by atoms with E-state index in [-0.39, 0.29) is 6.04 Å². The first-order chi connectivity index (χ1) is 8.97. The lowest BCUT2D eigenvalue weighted by Gasteiger charge is -2.26. The van der Waals surface area contributed by atoms with Crippen LogP contribution in [0.2, 0.25) is 0 Å². The van der Waals surface area contributed by atoms with Gasteiger partial charge in [-0.1, -0.05) is 26.0 Å². The van der Waals surface area contributed by atoms with Crippen molar-refractivity contribution in [2.24, 2.45) is 0 Å². The van der Waals surface area contributed by atoms with Gasteiger partial charge in [0.05, 0.1) is 0 Å². The van der Waals surface area contributed by atoms with E-state index in [9.17, 15) is 5.11 Å². The number of nitrogens with one attached hydrogen (secondary N) is 1. The highest BCUT2D eigenvalue weighted by molar-refractivity contribution is 5.37. The van der Waals surface area contributed by atoms with Gasteiger partial charge in [0.2, 0.25) is 0 Å². The van der Waals surface area contributed by atoms with Gasteiger partial charge in [-0.25, -0.2) is 0 Å². The van der Waals surface area contributed by atoms with Crippen molar-refractivity contribution in [3.63, 3.8) is 0 Å². The second kappa shape index (κ2) is 7.51. The van der Waals surface area contributed by atoms with Crippen LogP contribution in [0.5, 0.6) is 5.75 Å². The van der Waals surface area contributed by atoms with Crippen LogP contribution >= 0.6 is 0 Å². The Morgan fingerprint density at radius 1 is 1.21 bits per heavy atom. The van der Waals surface area contributed by atoms with E-state index in [2.05, 4.69) is 37.9 Å². The summed E-state index contributed by atoms with van der Waals surface area (Å²) in [6, 6.07) is 6.43. The smallest absolute Gasteiger partial charge is 0.120 e. The molecular formula is C16H28N2O. The third-order valence-corrected chi connectivity index (χ3v) is 3.61. The van der Waals surface area contributed by atoms with Crippen LogP contribution in [0, 0.1) is 6.92 Å². The molecule has 0 heterocycles. The fourth-order valence-corrected chi connectivity index (χ4v) is 2.46. The molecule has 2 N–H and O–H groups in total. The van der Waals surface area contributed by atoms with Gasteiger partial charge in [-0.15, -0.1) is 0 Å². The molecule has 3 heteroatoms. The molecule has 2 atom stereocenters. The molecular weight excluding hydrogens is 236 g/mol.